The number of esters is 1. The monoisotopic (exact) mass is 363 g/mol. The first kappa shape index (κ1) is 17.0. The zero-order valence-electron chi connectivity index (χ0n) is 13.1. The number of hydrogen-bond acceptors (Lipinski definition) is 4. The molecule has 0 radical (unpaired) electrons. The van der Waals surface area contributed by atoms with E-state index in [1.807, 2.05) is 6.07 Å². The summed E-state index contributed by atoms with van der Waals surface area (Å²) in [5.74, 6) is -0.850. The number of carbonyl (C=O) groups excluding carboxylic acids is 2. The normalized spacial score (nSPS) is 13.7. The van der Waals surface area contributed by atoms with Gasteiger partial charge in [-0.05, 0) is 49.4 Å². The van der Waals surface area contributed by atoms with Crippen LogP contribution in [0, 0.1) is 0 Å². The number of fused-ring (bicyclic) bond motifs is 1. The summed E-state index contributed by atoms with van der Waals surface area (Å²) in [4.78, 5) is 25.9. The van der Waals surface area contributed by atoms with E-state index in [0.29, 0.717) is 15.6 Å². The molecular weight excluding hydrogens is 346 g/mol. The Labute approximate surface area is 149 Å². The standard InChI is InChI=1S/C18H18ClNO3S/c19-13-7-4-5-8-14(13)20-17(21)11-23-18(22)16-10-12-6-2-1-3-9-15(12)24-16/h4-5,7-8,10H,1-3,6,9,11H2,(H,20,21). The third-order valence-corrected chi connectivity index (χ3v) is 5.48. The molecule has 0 spiro atoms. The Morgan fingerprint density at radius 2 is 1.96 bits per heavy atom. The van der Waals surface area contributed by atoms with Crippen LogP contribution in [0.5, 0.6) is 0 Å². The highest BCUT2D eigenvalue weighted by atomic mass is 35.5. The van der Waals surface area contributed by atoms with Gasteiger partial charge in [-0.2, -0.15) is 0 Å². The third kappa shape index (κ3) is 4.16. The quantitative estimate of drug-likeness (QED) is 0.644. The molecule has 1 heterocycles. The Hall–Kier alpha value is -1.85. The average Bonchev–Trinajstić information content (AvgIpc) is 2.86. The van der Waals surface area contributed by atoms with Crippen LogP contribution in [-0.4, -0.2) is 18.5 Å². The van der Waals surface area contributed by atoms with Crippen molar-refractivity contribution in [2.75, 3.05) is 11.9 Å². The second-order valence-corrected chi connectivity index (χ2v) is 7.27. The van der Waals surface area contributed by atoms with Gasteiger partial charge in [-0.1, -0.05) is 30.2 Å². The molecule has 24 heavy (non-hydrogen) atoms. The topological polar surface area (TPSA) is 55.4 Å². The fourth-order valence-corrected chi connectivity index (χ4v) is 4.05. The molecule has 0 unspecified atom stereocenters. The summed E-state index contributed by atoms with van der Waals surface area (Å²) in [6, 6.07) is 8.84. The Morgan fingerprint density at radius 3 is 2.79 bits per heavy atom. The number of para-hydroxylation sites is 1. The van der Waals surface area contributed by atoms with Crippen LogP contribution in [0.15, 0.2) is 30.3 Å². The molecule has 4 nitrogen and oxygen atoms in total. The number of thiophene rings is 1. The number of aryl methyl sites for hydroxylation is 2. The first-order valence-corrected chi connectivity index (χ1v) is 9.16. The number of anilines is 1. The van der Waals surface area contributed by atoms with Crippen LogP contribution in [0.1, 0.15) is 39.4 Å². The van der Waals surface area contributed by atoms with Crippen LogP contribution in [-0.2, 0) is 22.4 Å². The van der Waals surface area contributed by atoms with E-state index in [4.69, 9.17) is 16.3 Å². The Balaban J connectivity index is 1.55. The van der Waals surface area contributed by atoms with E-state index in [1.54, 1.807) is 24.3 Å². The van der Waals surface area contributed by atoms with Crippen LogP contribution in [0.2, 0.25) is 5.02 Å². The molecule has 0 saturated heterocycles. The summed E-state index contributed by atoms with van der Waals surface area (Å²) >= 11 is 7.46. The minimum atomic E-state index is -0.442. The van der Waals surface area contributed by atoms with Gasteiger partial charge in [0.1, 0.15) is 4.88 Å². The van der Waals surface area contributed by atoms with Gasteiger partial charge in [0, 0.05) is 4.88 Å². The fraction of sp³-hybridized carbons (Fsp3) is 0.333. The predicted octanol–water partition coefficient (Wildman–Crippen LogP) is 4.47. The molecule has 0 fully saturated rings. The second kappa shape index (κ2) is 7.81. The van der Waals surface area contributed by atoms with E-state index >= 15 is 0 Å². The van der Waals surface area contributed by atoms with Crippen molar-refractivity contribution in [3.05, 3.63) is 50.7 Å². The molecule has 1 N–H and O–H groups in total. The minimum absolute atomic E-state index is 0.327. The average molecular weight is 364 g/mol. The molecule has 0 atom stereocenters. The molecule has 1 aliphatic rings. The lowest BCUT2D eigenvalue weighted by Crippen LogP contribution is -2.20. The van der Waals surface area contributed by atoms with Gasteiger partial charge < -0.3 is 10.1 Å². The second-order valence-electron chi connectivity index (χ2n) is 5.72. The van der Waals surface area contributed by atoms with Crippen molar-refractivity contribution in [3.63, 3.8) is 0 Å². The van der Waals surface area contributed by atoms with Gasteiger partial charge in [-0.3, -0.25) is 4.79 Å². The van der Waals surface area contributed by atoms with Gasteiger partial charge in [0.25, 0.3) is 5.91 Å². The highest BCUT2D eigenvalue weighted by molar-refractivity contribution is 7.14. The Bertz CT molecular complexity index is 733. The Kier molecular flexibility index (Phi) is 5.53. The molecule has 0 bridgehead atoms. The maximum atomic E-state index is 12.2. The largest absolute Gasteiger partial charge is 0.451 e. The van der Waals surface area contributed by atoms with Gasteiger partial charge >= 0.3 is 5.97 Å². The number of halogens is 1. The van der Waals surface area contributed by atoms with Gasteiger partial charge in [-0.15, -0.1) is 11.3 Å². The molecule has 1 aromatic heterocycles. The molecule has 1 aliphatic carbocycles. The van der Waals surface area contributed by atoms with E-state index in [2.05, 4.69) is 5.32 Å². The van der Waals surface area contributed by atoms with Crippen molar-refractivity contribution in [1.82, 2.24) is 0 Å². The molecule has 1 aromatic carbocycles. The summed E-state index contributed by atoms with van der Waals surface area (Å²) in [5, 5.41) is 3.07. The van der Waals surface area contributed by atoms with Crippen LogP contribution in [0.25, 0.3) is 0 Å². The molecule has 2 aromatic rings. The lowest BCUT2D eigenvalue weighted by atomic mass is 10.1. The van der Waals surface area contributed by atoms with E-state index in [0.717, 1.165) is 12.8 Å². The summed E-state index contributed by atoms with van der Waals surface area (Å²) in [6.07, 6.45) is 5.62. The number of carbonyl (C=O) groups is 2. The zero-order valence-corrected chi connectivity index (χ0v) is 14.7. The van der Waals surface area contributed by atoms with Crippen LogP contribution in [0.3, 0.4) is 0 Å². The summed E-state index contributed by atoms with van der Waals surface area (Å²) in [6.45, 7) is -0.327. The van der Waals surface area contributed by atoms with Crippen LogP contribution in [0.4, 0.5) is 5.69 Å². The minimum Gasteiger partial charge on any atom is -0.451 e. The van der Waals surface area contributed by atoms with Crippen LogP contribution >= 0.6 is 22.9 Å². The van der Waals surface area contributed by atoms with Gasteiger partial charge in [-0.25, -0.2) is 4.79 Å². The molecule has 6 heteroatoms. The van der Waals surface area contributed by atoms with Crippen molar-refractivity contribution in [3.8, 4) is 0 Å². The lowest BCUT2D eigenvalue weighted by molar-refractivity contribution is -0.119. The number of amides is 1. The van der Waals surface area contributed by atoms with Gasteiger partial charge in [0.05, 0.1) is 10.7 Å². The predicted molar refractivity (Wildman–Crippen MR) is 95.9 cm³/mol. The summed E-state index contributed by atoms with van der Waals surface area (Å²) in [5.41, 5.74) is 1.76. The highest BCUT2D eigenvalue weighted by Gasteiger charge is 2.18. The number of benzene rings is 1. The van der Waals surface area contributed by atoms with Crippen LogP contribution < -0.4 is 5.32 Å². The lowest BCUT2D eigenvalue weighted by Gasteiger charge is -2.07. The van der Waals surface area contributed by atoms with Gasteiger partial charge in [0.15, 0.2) is 6.61 Å². The molecule has 0 aliphatic heterocycles. The van der Waals surface area contributed by atoms with E-state index in [1.165, 1.54) is 41.0 Å². The fourth-order valence-electron chi connectivity index (χ4n) is 2.72. The number of ether oxygens (including phenoxy) is 1. The molecular formula is C18H18ClNO3S. The number of rotatable bonds is 4. The maximum Gasteiger partial charge on any atom is 0.348 e. The van der Waals surface area contributed by atoms with Crippen molar-refractivity contribution < 1.29 is 14.3 Å². The molecule has 126 valence electrons. The smallest absolute Gasteiger partial charge is 0.348 e. The third-order valence-electron chi connectivity index (χ3n) is 3.93. The first-order valence-electron chi connectivity index (χ1n) is 7.96. The highest BCUT2D eigenvalue weighted by Crippen LogP contribution is 2.29. The van der Waals surface area contributed by atoms with E-state index in [-0.39, 0.29) is 6.61 Å². The Morgan fingerprint density at radius 1 is 1.17 bits per heavy atom. The first-order chi connectivity index (χ1) is 11.6. The van der Waals surface area contributed by atoms with Crippen molar-refractivity contribution >= 4 is 40.5 Å². The SMILES string of the molecule is O=C(COC(=O)c1cc2c(s1)CCCCC2)Nc1ccccc1Cl. The molecule has 0 saturated carbocycles. The molecule has 3 rings (SSSR count). The van der Waals surface area contributed by atoms with Crippen molar-refractivity contribution in [2.24, 2.45) is 0 Å². The van der Waals surface area contributed by atoms with Crippen molar-refractivity contribution in [1.29, 1.82) is 0 Å². The maximum absolute atomic E-state index is 12.2. The van der Waals surface area contributed by atoms with Crippen molar-refractivity contribution in [2.45, 2.75) is 32.1 Å². The van der Waals surface area contributed by atoms with E-state index in [9.17, 15) is 9.59 Å². The van der Waals surface area contributed by atoms with E-state index < -0.39 is 11.9 Å². The summed E-state index contributed by atoms with van der Waals surface area (Å²) < 4.78 is 5.13. The number of hydrogen-bond donors (Lipinski definition) is 1. The van der Waals surface area contributed by atoms with Gasteiger partial charge in [0.2, 0.25) is 0 Å². The summed E-state index contributed by atoms with van der Waals surface area (Å²) in [7, 11) is 0. The molecule has 1 amide bonds. The zero-order chi connectivity index (χ0) is 16.9. The number of nitrogens with one attached hydrogen (secondary N) is 1.